The Bertz CT molecular complexity index is 104. The highest BCUT2D eigenvalue weighted by molar-refractivity contribution is 4.86. The molecule has 1 rings (SSSR count). The molecule has 0 amide bonds. The van der Waals surface area contributed by atoms with Crippen LogP contribution in [0.4, 0.5) is 4.39 Å². The summed E-state index contributed by atoms with van der Waals surface area (Å²) in [5.74, 6) is 0.447. The number of rotatable bonds is 1. The normalized spacial score (nSPS) is 35.7. The van der Waals surface area contributed by atoms with Gasteiger partial charge in [0.05, 0.1) is 0 Å². The molecule has 1 aliphatic rings. The Kier molecular flexibility index (Phi) is 2.29. The van der Waals surface area contributed by atoms with Gasteiger partial charge in [-0.15, -0.1) is 0 Å². The molecule has 60 valence electrons. The fourth-order valence-corrected chi connectivity index (χ4v) is 1.85. The molecule has 0 radical (unpaired) electrons. The van der Waals surface area contributed by atoms with Crippen molar-refractivity contribution in [3.8, 4) is 0 Å². The van der Waals surface area contributed by atoms with E-state index in [1.54, 1.807) is 0 Å². The first-order valence-electron chi connectivity index (χ1n) is 3.97. The van der Waals surface area contributed by atoms with Gasteiger partial charge in [0.2, 0.25) is 0 Å². The van der Waals surface area contributed by atoms with Crippen LogP contribution in [0.1, 0.15) is 20.3 Å². The van der Waals surface area contributed by atoms with E-state index >= 15 is 0 Å². The minimum Gasteiger partial charge on any atom is -0.300 e. The number of halogens is 1. The summed E-state index contributed by atoms with van der Waals surface area (Å²) in [4.78, 5) is 2.12. The van der Waals surface area contributed by atoms with Crippen LogP contribution < -0.4 is 0 Å². The lowest BCUT2D eigenvalue weighted by Gasteiger charge is -2.24. The number of likely N-dealkylation sites (tertiary alicyclic amines) is 1. The van der Waals surface area contributed by atoms with Crippen molar-refractivity contribution in [2.45, 2.75) is 32.5 Å². The lowest BCUT2D eigenvalue weighted by Crippen LogP contribution is -2.34. The Balaban J connectivity index is 2.54. The van der Waals surface area contributed by atoms with Gasteiger partial charge in [-0.3, -0.25) is 0 Å². The number of alkyl halides is 1. The third-order valence-electron chi connectivity index (χ3n) is 2.32. The highest BCUT2D eigenvalue weighted by Crippen LogP contribution is 2.24. The topological polar surface area (TPSA) is 3.24 Å². The molecule has 2 heteroatoms. The average molecular weight is 145 g/mol. The highest BCUT2D eigenvalue weighted by atomic mass is 19.1. The quantitative estimate of drug-likeness (QED) is 0.542. The number of hydrogen-bond acceptors (Lipinski definition) is 1. The van der Waals surface area contributed by atoms with Crippen molar-refractivity contribution in [3.05, 3.63) is 0 Å². The second kappa shape index (κ2) is 2.87. The second-order valence-corrected chi connectivity index (χ2v) is 3.52. The van der Waals surface area contributed by atoms with E-state index in [0.717, 1.165) is 13.0 Å². The van der Waals surface area contributed by atoms with Crippen LogP contribution in [0.3, 0.4) is 0 Å². The van der Waals surface area contributed by atoms with Gasteiger partial charge in [0.15, 0.2) is 0 Å². The molecule has 0 bridgehead atoms. The lowest BCUT2D eigenvalue weighted by molar-refractivity contribution is 0.174. The summed E-state index contributed by atoms with van der Waals surface area (Å²) in [5, 5.41) is 0. The SMILES string of the molecule is CC(C)C1C(F)CCN1C. The van der Waals surface area contributed by atoms with Gasteiger partial charge in [0, 0.05) is 12.6 Å². The van der Waals surface area contributed by atoms with Crippen LogP contribution in [0.2, 0.25) is 0 Å². The van der Waals surface area contributed by atoms with Gasteiger partial charge in [-0.25, -0.2) is 4.39 Å². The van der Waals surface area contributed by atoms with Gasteiger partial charge in [0.1, 0.15) is 6.17 Å². The van der Waals surface area contributed by atoms with Crippen molar-refractivity contribution in [3.63, 3.8) is 0 Å². The second-order valence-electron chi connectivity index (χ2n) is 3.52. The fraction of sp³-hybridized carbons (Fsp3) is 1.00. The van der Waals surface area contributed by atoms with Crippen molar-refractivity contribution < 1.29 is 4.39 Å². The molecule has 0 aromatic carbocycles. The average Bonchev–Trinajstić information content (AvgIpc) is 2.11. The molecule has 1 aliphatic heterocycles. The summed E-state index contributed by atoms with van der Waals surface area (Å²) in [5.41, 5.74) is 0. The number of hydrogen-bond donors (Lipinski definition) is 0. The molecule has 0 spiro atoms. The molecule has 2 unspecified atom stereocenters. The summed E-state index contributed by atoms with van der Waals surface area (Å²) in [6.45, 7) is 5.09. The smallest absolute Gasteiger partial charge is 0.117 e. The Morgan fingerprint density at radius 2 is 2.10 bits per heavy atom. The van der Waals surface area contributed by atoms with Crippen LogP contribution in [0, 0.1) is 5.92 Å². The maximum atomic E-state index is 13.0. The molecular weight excluding hydrogens is 129 g/mol. The van der Waals surface area contributed by atoms with E-state index in [1.807, 2.05) is 7.05 Å². The van der Waals surface area contributed by atoms with Gasteiger partial charge in [-0.05, 0) is 19.4 Å². The maximum absolute atomic E-state index is 13.0. The zero-order valence-electron chi connectivity index (χ0n) is 6.97. The van der Waals surface area contributed by atoms with Crippen LogP contribution in [-0.4, -0.2) is 30.7 Å². The van der Waals surface area contributed by atoms with Crippen LogP contribution in [0.15, 0.2) is 0 Å². The van der Waals surface area contributed by atoms with E-state index in [-0.39, 0.29) is 6.04 Å². The Morgan fingerprint density at radius 1 is 1.50 bits per heavy atom. The molecule has 2 atom stereocenters. The van der Waals surface area contributed by atoms with Gasteiger partial charge in [-0.1, -0.05) is 13.8 Å². The molecule has 1 saturated heterocycles. The fourth-order valence-electron chi connectivity index (χ4n) is 1.85. The van der Waals surface area contributed by atoms with E-state index in [9.17, 15) is 4.39 Å². The van der Waals surface area contributed by atoms with E-state index in [2.05, 4.69) is 18.7 Å². The van der Waals surface area contributed by atoms with E-state index < -0.39 is 6.17 Å². The molecule has 10 heavy (non-hydrogen) atoms. The van der Waals surface area contributed by atoms with Crippen LogP contribution in [0.25, 0.3) is 0 Å². The molecule has 0 N–H and O–H groups in total. The molecule has 1 nitrogen and oxygen atoms in total. The van der Waals surface area contributed by atoms with E-state index in [0.29, 0.717) is 5.92 Å². The molecule has 1 heterocycles. The molecular formula is C8H16FN. The Morgan fingerprint density at radius 3 is 2.30 bits per heavy atom. The van der Waals surface area contributed by atoms with Gasteiger partial charge >= 0.3 is 0 Å². The van der Waals surface area contributed by atoms with Gasteiger partial charge < -0.3 is 4.90 Å². The van der Waals surface area contributed by atoms with Crippen molar-refractivity contribution in [2.24, 2.45) is 5.92 Å². The molecule has 1 fully saturated rings. The summed E-state index contributed by atoms with van der Waals surface area (Å²) >= 11 is 0. The van der Waals surface area contributed by atoms with Crippen LogP contribution in [0.5, 0.6) is 0 Å². The standard InChI is InChI=1S/C8H16FN/c1-6(2)8-7(9)4-5-10(8)3/h6-8H,4-5H2,1-3H3. The first kappa shape index (κ1) is 7.99. The predicted molar refractivity (Wildman–Crippen MR) is 40.8 cm³/mol. The maximum Gasteiger partial charge on any atom is 0.117 e. The summed E-state index contributed by atoms with van der Waals surface area (Å²) in [6.07, 6.45) is 0.129. The van der Waals surface area contributed by atoms with Crippen molar-refractivity contribution in [2.75, 3.05) is 13.6 Å². The van der Waals surface area contributed by atoms with Gasteiger partial charge in [-0.2, -0.15) is 0 Å². The molecule has 0 aromatic rings. The monoisotopic (exact) mass is 145 g/mol. The molecule has 0 aliphatic carbocycles. The highest BCUT2D eigenvalue weighted by Gasteiger charge is 2.33. The summed E-state index contributed by atoms with van der Waals surface area (Å²) in [7, 11) is 2.00. The van der Waals surface area contributed by atoms with E-state index in [4.69, 9.17) is 0 Å². The third kappa shape index (κ3) is 1.31. The predicted octanol–water partition coefficient (Wildman–Crippen LogP) is 1.68. The first-order chi connectivity index (χ1) is 4.63. The first-order valence-corrected chi connectivity index (χ1v) is 3.97. The van der Waals surface area contributed by atoms with Crippen molar-refractivity contribution in [1.29, 1.82) is 0 Å². The number of nitrogens with zero attached hydrogens (tertiary/aromatic N) is 1. The third-order valence-corrected chi connectivity index (χ3v) is 2.32. The van der Waals surface area contributed by atoms with Gasteiger partial charge in [0.25, 0.3) is 0 Å². The lowest BCUT2D eigenvalue weighted by atomic mass is 10.0. The molecule has 0 aromatic heterocycles. The van der Waals surface area contributed by atoms with Crippen LogP contribution >= 0.6 is 0 Å². The van der Waals surface area contributed by atoms with Crippen molar-refractivity contribution >= 4 is 0 Å². The minimum absolute atomic E-state index is 0.167. The Labute approximate surface area is 62.2 Å². The largest absolute Gasteiger partial charge is 0.300 e. The zero-order valence-corrected chi connectivity index (χ0v) is 6.97. The summed E-state index contributed by atoms with van der Waals surface area (Å²) < 4.78 is 13.0. The van der Waals surface area contributed by atoms with Crippen molar-refractivity contribution in [1.82, 2.24) is 4.90 Å². The van der Waals surface area contributed by atoms with E-state index in [1.165, 1.54) is 0 Å². The summed E-state index contributed by atoms with van der Waals surface area (Å²) in [6, 6.07) is 0.167. The zero-order chi connectivity index (χ0) is 7.72. The Hall–Kier alpha value is -0.110. The minimum atomic E-state index is -0.593. The molecule has 0 saturated carbocycles. The van der Waals surface area contributed by atoms with Crippen LogP contribution in [-0.2, 0) is 0 Å².